The van der Waals surface area contributed by atoms with E-state index in [9.17, 15) is 0 Å². The monoisotopic (exact) mass is 394 g/mol. The highest BCUT2D eigenvalue weighted by Gasteiger charge is 2.03. The molecule has 0 unspecified atom stereocenters. The first-order chi connectivity index (χ1) is 14.2. The Bertz CT molecular complexity index is 924. The molecule has 8 heteroatoms. The van der Waals surface area contributed by atoms with Gasteiger partial charge in [0.1, 0.15) is 18.0 Å². The molecule has 0 radical (unpaired) electrons. The van der Waals surface area contributed by atoms with Gasteiger partial charge in [-0.2, -0.15) is 0 Å². The molecule has 0 spiro atoms. The van der Waals surface area contributed by atoms with Crippen molar-refractivity contribution in [3.8, 4) is 0 Å². The Morgan fingerprint density at radius 3 is 2.76 bits per heavy atom. The van der Waals surface area contributed by atoms with E-state index < -0.39 is 0 Å². The lowest BCUT2D eigenvalue weighted by Gasteiger charge is -2.12. The zero-order valence-corrected chi connectivity index (χ0v) is 17.5. The molecule has 2 heterocycles. The van der Waals surface area contributed by atoms with E-state index in [-0.39, 0.29) is 0 Å². The lowest BCUT2D eigenvalue weighted by molar-refractivity contribution is 0.632. The standard InChI is InChI=1S/C21H30N8/c1-4-20-27-26-16-29(20)12-10-24-21(22-5-2)25-14-18-7-6-8-19(13-18)15-28-11-9-23-17(28)3/h6-9,11,13,16H,4-5,10,12,14-15H2,1-3H3,(H2,22,24,25). The number of imidazole rings is 1. The summed E-state index contributed by atoms with van der Waals surface area (Å²) in [6.07, 6.45) is 6.50. The van der Waals surface area contributed by atoms with Crippen molar-refractivity contribution in [1.29, 1.82) is 0 Å². The first-order valence-corrected chi connectivity index (χ1v) is 10.1. The number of rotatable bonds is 9. The van der Waals surface area contributed by atoms with Crippen LogP contribution in [-0.2, 0) is 26.1 Å². The molecule has 0 aliphatic heterocycles. The molecule has 0 amide bonds. The van der Waals surface area contributed by atoms with Gasteiger partial charge in [0.05, 0.1) is 6.54 Å². The average molecular weight is 395 g/mol. The van der Waals surface area contributed by atoms with Crippen LogP contribution in [0.2, 0.25) is 0 Å². The summed E-state index contributed by atoms with van der Waals surface area (Å²) in [6.45, 7) is 10.0. The van der Waals surface area contributed by atoms with Crippen LogP contribution < -0.4 is 10.6 Å². The lowest BCUT2D eigenvalue weighted by Crippen LogP contribution is -2.38. The minimum Gasteiger partial charge on any atom is -0.357 e. The first-order valence-electron chi connectivity index (χ1n) is 10.1. The number of aliphatic imine (C=N–C) groups is 1. The second kappa shape index (κ2) is 10.4. The average Bonchev–Trinajstić information content (AvgIpc) is 3.35. The highest BCUT2D eigenvalue weighted by atomic mass is 15.3. The van der Waals surface area contributed by atoms with Crippen molar-refractivity contribution >= 4 is 5.96 Å². The topological polar surface area (TPSA) is 85.0 Å². The number of aromatic nitrogens is 5. The molecule has 0 bridgehead atoms. The molecule has 3 aromatic rings. The van der Waals surface area contributed by atoms with Gasteiger partial charge in [-0.25, -0.2) is 9.98 Å². The van der Waals surface area contributed by atoms with Gasteiger partial charge in [-0.15, -0.1) is 10.2 Å². The van der Waals surface area contributed by atoms with Gasteiger partial charge in [0, 0.05) is 45.0 Å². The van der Waals surface area contributed by atoms with E-state index >= 15 is 0 Å². The summed E-state index contributed by atoms with van der Waals surface area (Å²) in [5.41, 5.74) is 2.43. The summed E-state index contributed by atoms with van der Waals surface area (Å²) in [4.78, 5) is 9.02. The second-order valence-corrected chi connectivity index (χ2v) is 6.84. The van der Waals surface area contributed by atoms with Crippen LogP contribution in [0.3, 0.4) is 0 Å². The molecule has 29 heavy (non-hydrogen) atoms. The Balaban J connectivity index is 1.58. The van der Waals surface area contributed by atoms with Gasteiger partial charge in [-0.1, -0.05) is 31.2 Å². The maximum absolute atomic E-state index is 4.74. The summed E-state index contributed by atoms with van der Waals surface area (Å²) in [7, 11) is 0. The van der Waals surface area contributed by atoms with E-state index in [1.165, 1.54) is 11.1 Å². The minimum absolute atomic E-state index is 0.624. The quantitative estimate of drug-likeness (QED) is 0.429. The predicted molar refractivity (Wildman–Crippen MR) is 115 cm³/mol. The molecule has 0 fully saturated rings. The van der Waals surface area contributed by atoms with Gasteiger partial charge in [-0.3, -0.25) is 0 Å². The lowest BCUT2D eigenvalue weighted by atomic mass is 10.1. The third kappa shape index (κ3) is 5.91. The molecule has 0 saturated heterocycles. The zero-order chi connectivity index (χ0) is 20.5. The molecule has 8 nitrogen and oxygen atoms in total. The number of hydrogen-bond acceptors (Lipinski definition) is 4. The van der Waals surface area contributed by atoms with Crippen LogP contribution in [0.5, 0.6) is 0 Å². The molecule has 0 aliphatic rings. The second-order valence-electron chi connectivity index (χ2n) is 6.84. The largest absolute Gasteiger partial charge is 0.357 e. The fraction of sp³-hybridized carbons (Fsp3) is 0.429. The number of nitrogens with zero attached hydrogens (tertiary/aromatic N) is 6. The normalized spacial score (nSPS) is 11.6. The maximum Gasteiger partial charge on any atom is 0.191 e. The van der Waals surface area contributed by atoms with Crippen LogP contribution in [0.25, 0.3) is 0 Å². The molecule has 2 aromatic heterocycles. The van der Waals surface area contributed by atoms with Crippen LogP contribution in [0.1, 0.15) is 36.6 Å². The molecular formula is C21H30N8. The molecule has 3 rings (SSSR count). The highest BCUT2D eigenvalue weighted by Crippen LogP contribution is 2.09. The fourth-order valence-electron chi connectivity index (χ4n) is 3.14. The molecule has 1 aromatic carbocycles. The van der Waals surface area contributed by atoms with E-state index in [0.29, 0.717) is 6.54 Å². The summed E-state index contributed by atoms with van der Waals surface area (Å²) < 4.78 is 4.21. The van der Waals surface area contributed by atoms with Crippen molar-refractivity contribution in [2.45, 2.75) is 46.8 Å². The zero-order valence-electron chi connectivity index (χ0n) is 17.5. The van der Waals surface area contributed by atoms with Crippen LogP contribution in [0, 0.1) is 6.92 Å². The third-order valence-corrected chi connectivity index (χ3v) is 4.69. The van der Waals surface area contributed by atoms with Gasteiger partial charge in [-0.05, 0) is 25.0 Å². The number of benzene rings is 1. The minimum atomic E-state index is 0.624. The van der Waals surface area contributed by atoms with Gasteiger partial charge >= 0.3 is 0 Å². The van der Waals surface area contributed by atoms with Gasteiger partial charge in [0.25, 0.3) is 0 Å². The van der Waals surface area contributed by atoms with E-state index in [4.69, 9.17) is 4.99 Å². The van der Waals surface area contributed by atoms with E-state index in [2.05, 4.69) is 73.1 Å². The number of hydrogen-bond donors (Lipinski definition) is 2. The Morgan fingerprint density at radius 1 is 1.14 bits per heavy atom. The fourth-order valence-corrected chi connectivity index (χ4v) is 3.14. The molecular weight excluding hydrogens is 364 g/mol. The summed E-state index contributed by atoms with van der Waals surface area (Å²) in [5, 5.41) is 14.8. The van der Waals surface area contributed by atoms with E-state index in [1.807, 2.05) is 19.3 Å². The SMILES string of the molecule is CCNC(=NCc1cccc(Cn2ccnc2C)c1)NCCn1cnnc1CC. The Labute approximate surface area is 172 Å². The van der Waals surface area contributed by atoms with Crippen molar-refractivity contribution in [2.24, 2.45) is 4.99 Å². The maximum atomic E-state index is 4.74. The highest BCUT2D eigenvalue weighted by molar-refractivity contribution is 5.79. The van der Waals surface area contributed by atoms with Crippen LogP contribution in [0.15, 0.2) is 48.0 Å². The Hall–Kier alpha value is -3.16. The third-order valence-electron chi connectivity index (χ3n) is 4.69. The first kappa shape index (κ1) is 20.6. The van der Waals surface area contributed by atoms with E-state index in [1.54, 1.807) is 6.33 Å². The number of guanidine groups is 1. The summed E-state index contributed by atoms with van der Waals surface area (Å²) in [6, 6.07) is 8.55. The molecule has 0 aliphatic carbocycles. The van der Waals surface area contributed by atoms with Crippen LogP contribution in [0.4, 0.5) is 0 Å². The van der Waals surface area contributed by atoms with Crippen molar-refractivity contribution in [1.82, 2.24) is 34.9 Å². The Morgan fingerprint density at radius 2 is 2.00 bits per heavy atom. The van der Waals surface area contributed by atoms with Crippen molar-refractivity contribution in [2.75, 3.05) is 13.1 Å². The number of aryl methyl sites for hydroxylation is 2. The molecule has 154 valence electrons. The van der Waals surface area contributed by atoms with Crippen molar-refractivity contribution in [3.05, 3.63) is 65.8 Å². The predicted octanol–water partition coefficient (Wildman–Crippen LogP) is 2.15. The van der Waals surface area contributed by atoms with Gasteiger partial charge in [0.2, 0.25) is 0 Å². The summed E-state index contributed by atoms with van der Waals surface area (Å²) in [5.74, 6) is 2.83. The Kier molecular flexibility index (Phi) is 7.38. The van der Waals surface area contributed by atoms with Gasteiger partial charge in [0.15, 0.2) is 5.96 Å². The van der Waals surface area contributed by atoms with Crippen molar-refractivity contribution < 1.29 is 0 Å². The van der Waals surface area contributed by atoms with Gasteiger partial charge < -0.3 is 19.8 Å². The summed E-state index contributed by atoms with van der Waals surface area (Å²) >= 11 is 0. The molecule has 0 atom stereocenters. The van der Waals surface area contributed by atoms with Crippen LogP contribution in [-0.4, -0.2) is 43.4 Å². The smallest absolute Gasteiger partial charge is 0.191 e. The van der Waals surface area contributed by atoms with E-state index in [0.717, 1.165) is 50.2 Å². The molecule has 2 N–H and O–H groups in total. The van der Waals surface area contributed by atoms with Crippen LogP contribution >= 0.6 is 0 Å². The van der Waals surface area contributed by atoms with Crippen molar-refractivity contribution in [3.63, 3.8) is 0 Å². The molecule has 0 saturated carbocycles. The number of nitrogens with one attached hydrogen (secondary N) is 2.